The Kier molecular flexibility index (Phi) is 5.35. The fraction of sp³-hybridized carbons (Fsp3) is 0.533. The molecule has 0 bridgehead atoms. The Hall–Kier alpha value is -1.35. The fourth-order valence-electron chi connectivity index (χ4n) is 1.90. The van der Waals surface area contributed by atoms with E-state index >= 15 is 0 Å². The molecule has 18 heavy (non-hydrogen) atoms. The van der Waals surface area contributed by atoms with Crippen LogP contribution in [0.4, 0.5) is 0 Å². The molecule has 0 spiro atoms. The Labute approximate surface area is 109 Å². The van der Waals surface area contributed by atoms with Crippen molar-refractivity contribution in [2.24, 2.45) is 11.1 Å². The molecular formula is C15H23NO2. The third-order valence-corrected chi connectivity index (χ3v) is 2.93. The zero-order valence-corrected chi connectivity index (χ0v) is 11.5. The van der Waals surface area contributed by atoms with Crippen LogP contribution in [0.15, 0.2) is 24.3 Å². The lowest BCUT2D eigenvalue weighted by Crippen LogP contribution is -2.29. The summed E-state index contributed by atoms with van der Waals surface area (Å²) in [5.41, 5.74) is 7.41. The van der Waals surface area contributed by atoms with E-state index in [9.17, 15) is 4.79 Å². The van der Waals surface area contributed by atoms with E-state index in [-0.39, 0.29) is 5.97 Å². The molecule has 0 saturated carbocycles. The summed E-state index contributed by atoms with van der Waals surface area (Å²) in [4.78, 5) is 11.8. The van der Waals surface area contributed by atoms with E-state index in [0.29, 0.717) is 19.6 Å². The molecule has 1 rings (SSSR count). The van der Waals surface area contributed by atoms with E-state index in [2.05, 4.69) is 24.3 Å². The molecule has 1 aromatic carbocycles. The van der Waals surface area contributed by atoms with Crippen molar-refractivity contribution in [3.05, 3.63) is 35.4 Å². The van der Waals surface area contributed by atoms with Gasteiger partial charge in [-0.3, -0.25) is 4.79 Å². The predicted molar refractivity (Wildman–Crippen MR) is 73.3 cm³/mol. The molecule has 0 amide bonds. The van der Waals surface area contributed by atoms with Crippen LogP contribution in [0.1, 0.15) is 31.9 Å². The van der Waals surface area contributed by atoms with Gasteiger partial charge in [0.1, 0.15) is 0 Å². The van der Waals surface area contributed by atoms with Gasteiger partial charge >= 0.3 is 5.97 Å². The van der Waals surface area contributed by atoms with Gasteiger partial charge in [0, 0.05) is 0 Å². The van der Waals surface area contributed by atoms with Gasteiger partial charge in [-0.05, 0) is 51.3 Å². The van der Waals surface area contributed by atoms with Crippen LogP contribution in [0, 0.1) is 5.41 Å². The Morgan fingerprint density at radius 2 is 1.78 bits per heavy atom. The number of ether oxygens (including phenoxy) is 1. The molecule has 0 aliphatic heterocycles. The monoisotopic (exact) mass is 249 g/mol. The van der Waals surface area contributed by atoms with Gasteiger partial charge in [-0.1, -0.05) is 24.3 Å². The summed E-state index contributed by atoms with van der Waals surface area (Å²) < 4.78 is 5.09. The van der Waals surface area contributed by atoms with Gasteiger partial charge in [0.25, 0.3) is 0 Å². The van der Waals surface area contributed by atoms with Gasteiger partial charge in [-0.25, -0.2) is 0 Å². The summed E-state index contributed by atoms with van der Waals surface area (Å²) in [5, 5.41) is 0. The number of benzene rings is 1. The lowest BCUT2D eigenvalue weighted by molar-refractivity contribution is -0.153. The van der Waals surface area contributed by atoms with Crippen molar-refractivity contribution in [3.63, 3.8) is 0 Å². The van der Waals surface area contributed by atoms with Crippen molar-refractivity contribution in [2.75, 3.05) is 13.2 Å². The molecule has 3 nitrogen and oxygen atoms in total. The lowest BCUT2D eigenvalue weighted by Gasteiger charge is -2.22. The second-order valence-corrected chi connectivity index (χ2v) is 5.14. The van der Waals surface area contributed by atoms with Crippen molar-refractivity contribution in [1.82, 2.24) is 0 Å². The largest absolute Gasteiger partial charge is 0.466 e. The van der Waals surface area contributed by atoms with Gasteiger partial charge in [0.2, 0.25) is 0 Å². The molecule has 100 valence electrons. The molecule has 0 unspecified atom stereocenters. The Balaban J connectivity index is 2.68. The first-order valence-electron chi connectivity index (χ1n) is 6.44. The highest BCUT2D eigenvalue weighted by Crippen LogP contribution is 2.23. The highest BCUT2D eigenvalue weighted by Gasteiger charge is 2.29. The zero-order chi connectivity index (χ0) is 13.6. The van der Waals surface area contributed by atoms with E-state index in [1.165, 1.54) is 5.56 Å². The molecule has 0 fully saturated rings. The predicted octanol–water partition coefficient (Wildman–Crippen LogP) is 2.32. The summed E-state index contributed by atoms with van der Waals surface area (Å²) in [5.74, 6) is -0.143. The summed E-state index contributed by atoms with van der Waals surface area (Å²) in [6, 6.07) is 8.27. The average Bonchev–Trinajstić information content (AvgIpc) is 2.32. The van der Waals surface area contributed by atoms with E-state index in [1.54, 1.807) is 0 Å². The average molecular weight is 249 g/mol. The first kappa shape index (κ1) is 14.7. The highest BCUT2D eigenvalue weighted by molar-refractivity contribution is 5.76. The number of hydrogen-bond donors (Lipinski definition) is 1. The summed E-state index contributed by atoms with van der Waals surface area (Å²) in [6.45, 7) is 6.75. The third-order valence-electron chi connectivity index (χ3n) is 2.93. The number of hydrogen-bond acceptors (Lipinski definition) is 3. The van der Waals surface area contributed by atoms with Crippen LogP contribution in [-0.4, -0.2) is 19.1 Å². The van der Waals surface area contributed by atoms with Gasteiger partial charge < -0.3 is 10.5 Å². The standard InChI is InChI=1S/C15H23NO2/c1-4-18-14(17)15(2,3)11-13-7-5-12(6-8-13)9-10-16/h5-8H,4,9-11,16H2,1-3H3. The third kappa shape index (κ3) is 4.15. The maximum Gasteiger partial charge on any atom is 0.311 e. The quantitative estimate of drug-likeness (QED) is 0.787. The topological polar surface area (TPSA) is 52.3 Å². The normalized spacial score (nSPS) is 11.3. The number of rotatable bonds is 6. The first-order valence-corrected chi connectivity index (χ1v) is 6.44. The highest BCUT2D eigenvalue weighted by atomic mass is 16.5. The second-order valence-electron chi connectivity index (χ2n) is 5.14. The Bertz CT molecular complexity index is 382. The summed E-state index contributed by atoms with van der Waals surface area (Å²) in [7, 11) is 0. The van der Waals surface area contributed by atoms with Crippen molar-refractivity contribution in [2.45, 2.75) is 33.6 Å². The fourth-order valence-corrected chi connectivity index (χ4v) is 1.90. The van der Waals surface area contributed by atoms with Gasteiger partial charge in [-0.2, -0.15) is 0 Å². The molecular weight excluding hydrogens is 226 g/mol. The van der Waals surface area contributed by atoms with Crippen molar-refractivity contribution in [3.8, 4) is 0 Å². The van der Waals surface area contributed by atoms with Crippen LogP contribution in [-0.2, 0) is 22.4 Å². The summed E-state index contributed by atoms with van der Waals surface area (Å²) >= 11 is 0. The van der Waals surface area contributed by atoms with Crippen LogP contribution in [0.25, 0.3) is 0 Å². The van der Waals surface area contributed by atoms with Crippen LogP contribution in [0.2, 0.25) is 0 Å². The van der Waals surface area contributed by atoms with Gasteiger partial charge in [-0.15, -0.1) is 0 Å². The van der Waals surface area contributed by atoms with E-state index in [4.69, 9.17) is 10.5 Å². The number of carbonyl (C=O) groups is 1. The van der Waals surface area contributed by atoms with Crippen LogP contribution in [0.5, 0.6) is 0 Å². The van der Waals surface area contributed by atoms with E-state index in [1.807, 2.05) is 20.8 Å². The molecule has 1 aromatic rings. The molecule has 0 saturated heterocycles. The minimum atomic E-state index is -0.481. The van der Waals surface area contributed by atoms with E-state index in [0.717, 1.165) is 12.0 Å². The van der Waals surface area contributed by atoms with Crippen LogP contribution < -0.4 is 5.73 Å². The van der Waals surface area contributed by atoms with E-state index < -0.39 is 5.41 Å². The minimum absolute atomic E-state index is 0.143. The Morgan fingerprint density at radius 3 is 2.28 bits per heavy atom. The number of carbonyl (C=O) groups excluding carboxylic acids is 1. The van der Waals surface area contributed by atoms with Crippen LogP contribution in [0.3, 0.4) is 0 Å². The minimum Gasteiger partial charge on any atom is -0.466 e. The summed E-state index contributed by atoms with van der Waals surface area (Å²) in [6.07, 6.45) is 1.58. The van der Waals surface area contributed by atoms with Crippen molar-refractivity contribution >= 4 is 5.97 Å². The maximum atomic E-state index is 11.8. The SMILES string of the molecule is CCOC(=O)C(C)(C)Cc1ccc(CCN)cc1. The maximum absolute atomic E-state index is 11.8. The lowest BCUT2D eigenvalue weighted by atomic mass is 9.85. The van der Waals surface area contributed by atoms with Crippen molar-refractivity contribution in [1.29, 1.82) is 0 Å². The van der Waals surface area contributed by atoms with Crippen LogP contribution >= 0.6 is 0 Å². The van der Waals surface area contributed by atoms with Gasteiger partial charge in [0.05, 0.1) is 12.0 Å². The van der Waals surface area contributed by atoms with Crippen molar-refractivity contribution < 1.29 is 9.53 Å². The van der Waals surface area contributed by atoms with Gasteiger partial charge in [0.15, 0.2) is 0 Å². The molecule has 0 aliphatic rings. The molecule has 0 aliphatic carbocycles. The number of nitrogens with two attached hydrogens (primary N) is 1. The molecule has 0 aromatic heterocycles. The second kappa shape index (κ2) is 6.55. The molecule has 3 heteroatoms. The molecule has 0 radical (unpaired) electrons. The molecule has 0 heterocycles. The number of esters is 1. The zero-order valence-electron chi connectivity index (χ0n) is 11.5. The Morgan fingerprint density at radius 1 is 1.22 bits per heavy atom. The molecule has 0 atom stereocenters. The first-order chi connectivity index (χ1) is 8.49. The molecule has 2 N–H and O–H groups in total. The smallest absolute Gasteiger partial charge is 0.311 e.